The number of amides is 1. The van der Waals surface area contributed by atoms with Crippen molar-refractivity contribution in [1.29, 1.82) is 5.41 Å². The number of allylic oxidation sites excluding steroid dienone is 1. The Bertz CT molecular complexity index is 1280. The molecule has 0 atom stereocenters. The molecule has 5 N–H and O–H groups in total. The van der Waals surface area contributed by atoms with Crippen LogP contribution in [-0.2, 0) is 11.2 Å². The van der Waals surface area contributed by atoms with Gasteiger partial charge in [-0.2, -0.15) is 0 Å². The fourth-order valence-corrected chi connectivity index (χ4v) is 7.05. The minimum Gasteiger partial charge on any atom is -0.404 e. The summed E-state index contributed by atoms with van der Waals surface area (Å²) in [6.45, 7) is 7.34. The number of benzene rings is 1. The lowest BCUT2D eigenvalue weighted by atomic mass is 9.91. The Hall–Kier alpha value is -3.31. The number of aliphatic imine (C=N–C) groups is 1. The number of alkyl halides is 2. The Labute approximate surface area is 253 Å². The SMILES string of the molecule is CN=C/C(=C\N)c1cc2c(cc1C(F)F)N(C(=N)C1=C(NC3CCN(C4CCNCC4)CC3)CCN(C(C)=O)C1)CCC2. The number of amidine groups is 1. The predicted molar refractivity (Wildman–Crippen MR) is 169 cm³/mol. The topological polar surface area (TPSA) is 113 Å². The highest BCUT2D eigenvalue weighted by Gasteiger charge is 2.32. The average molecular weight is 597 g/mol. The van der Waals surface area contributed by atoms with Crippen molar-refractivity contribution in [2.75, 3.05) is 57.8 Å². The van der Waals surface area contributed by atoms with E-state index < -0.39 is 6.43 Å². The zero-order chi connectivity index (χ0) is 30.5. The van der Waals surface area contributed by atoms with Crippen LogP contribution in [0.15, 0.2) is 34.6 Å². The number of fused-ring (bicyclic) bond motifs is 1. The molecule has 4 heterocycles. The fraction of sp³-hybridized carbons (Fsp3) is 0.594. The fourth-order valence-electron chi connectivity index (χ4n) is 7.05. The van der Waals surface area contributed by atoms with Gasteiger partial charge >= 0.3 is 0 Å². The van der Waals surface area contributed by atoms with E-state index in [0.717, 1.165) is 68.7 Å². The van der Waals surface area contributed by atoms with Gasteiger partial charge in [0.15, 0.2) is 0 Å². The van der Waals surface area contributed by atoms with Gasteiger partial charge in [-0.1, -0.05) is 0 Å². The first-order valence-electron chi connectivity index (χ1n) is 15.6. The molecule has 0 aliphatic carbocycles. The molecule has 0 aromatic heterocycles. The van der Waals surface area contributed by atoms with Crippen LogP contribution in [0.4, 0.5) is 14.5 Å². The quantitative estimate of drug-likeness (QED) is 0.282. The summed E-state index contributed by atoms with van der Waals surface area (Å²) < 4.78 is 28.7. The lowest BCUT2D eigenvalue weighted by Gasteiger charge is -2.41. The van der Waals surface area contributed by atoms with Gasteiger partial charge in [0.1, 0.15) is 5.84 Å². The summed E-state index contributed by atoms with van der Waals surface area (Å²) >= 11 is 0. The van der Waals surface area contributed by atoms with E-state index in [0.29, 0.717) is 55.0 Å². The summed E-state index contributed by atoms with van der Waals surface area (Å²) in [7, 11) is 1.58. The van der Waals surface area contributed by atoms with Gasteiger partial charge in [-0.15, -0.1) is 0 Å². The van der Waals surface area contributed by atoms with E-state index in [1.165, 1.54) is 31.3 Å². The number of nitrogens with one attached hydrogen (secondary N) is 3. The van der Waals surface area contributed by atoms with Crippen LogP contribution in [0.2, 0.25) is 0 Å². The van der Waals surface area contributed by atoms with E-state index >= 15 is 0 Å². The maximum absolute atomic E-state index is 14.4. The number of carbonyl (C=O) groups is 1. The van der Waals surface area contributed by atoms with Crippen molar-refractivity contribution >= 4 is 29.2 Å². The van der Waals surface area contributed by atoms with E-state index in [-0.39, 0.29) is 17.3 Å². The van der Waals surface area contributed by atoms with Gasteiger partial charge in [0, 0.05) is 99.2 Å². The molecule has 0 radical (unpaired) electrons. The van der Waals surface area contributed by atoms with Gasteiger partial charge < -0.3 is 31.1 Å². The van der Waals surface area contributed by atoms with E-state index in [1.54, 1.807) is 24.9 Å². The molecule has 0 spiro atoms. The van der Waals surface area contributed by atoms with Crippen LogP contribution in [-0.4, -0.2) is 92.7 Å². The second-order valence-corrected chi connectivity index (χ2v) is 12.1. The summed E-state index contributed by atoms with van der Waals surface area (Å²) in [5, 5.41) is 16.7. The summed E-state index contributed by atoms with van der Waals surface area (Å²) in [5.74, 6) is 0.251. The van der Waals surface area contributed by atoms with Crippen molar-refractivity contribution in [2.45, 2.75) is 70.4 Å². The predicted octanol–water partition coefficient (Wildman–Crippen LogP) is 3.67. The van der Waals surface area contributed by atoms with Gasteiger partial charge in [0.25, 0.3) is 6.43 Å². The van der Waals surface area contributed by atoms with Crippen LogP contribution in [0, 0.1) is 5.41 Å². The highest BCUT2D eigenvalue weighted by molar-refractivity contribution is 6.12. The van der Waals surface area contributed by atoms with Gasteiger partial charge in [-0.25, -0.2) is 8.78 Å². The molecular weight excluding hydrogens is 550 g/mol. The lowest BCUT2D eigenvalue weighted by Crippen LogP contribution is -2.51. The summed E-state index contributed by atoms with van der Waals surface area (Å²) in [6, 6.07) is 4.27. The van der Waals surface area contributed by atoms with Crippen molar-refractivity contribution in [1.82, 2.24) is 20.4 Å². The molecule has 4 aliphatic heterocycles. The molecule has 1 aromatic rings. The number of halogens is 2. The van der Waals surface area contributed by atoms with Crippen LogP contribution in [0.1, 0.15) is 68.6 Å². The molecule has 1 amide bonds. The highest BCUT2D eigenvalue weighted by Crippen LogP contribution is 2.38. The highest BCUT2D eigenvalue weighted by atomic mass is 19.3. The normalized spacial score (nSPS) is 21.6. The van der Waals surface area contributed by atoms with E-state index in [4.69, 9.17) is 5.73 Å². The first-order valence-corrected chi connectivity index (χ1v) is 15.6. The van der Waals surface area contributed by atoms with Crippen molar-refractivity contribution in [2.24, 2.45) is 10.7 Å². The third kappa shape index (κ3) is 6.93. The Morgan fingerprint density at radius 2 is 1.88 bits per heavy atom. The van der Waals surface area contributed by atoms with Crippen LogP contribution >= 0.6 is 0 Å². The largest absolute Gasteiger partial charge is 0.404 e. The average Bonchev–Trinajstić information content (AvgIpc) is 3.03. The number of hydrogen-bond acceptors (Lipinski definition) is 7. The molecule has 2 fully saturated rings. The summed E-state index contributed by atoms with van der Waals surface area (Å²) in [5.41, 5.74) is 9.79. The Morgan fingerprint density at radius 1 is 1.14 bits per heavy atom. The molecule has 0 unspecified atom stereocenters. The second-order valence-electron chi connectivity index (χ2n) is 12.1. The number of rotatable bonds is 7. The van der Waals surface area contributed by atoms with Crippen LogP contribution in [0.5, 0.6) is 0 Å². The first kappa shape index (κ1) is 31.1. The molecule has 2 saturated heterocycles. The Kier molecular flexibility index (Phi) is 10.1. The smallest absolute Gasteiger partial charge is 0.264 e. The molecule has 9 nitrogen and oxygen atoms in total. The van der Waals surface area contributed by atoms with Crippen LogP contribution in [0.25, 0.3) is 5.57 Å². The number of aryl methyl sites for hydroxylation is 1. The van der Waals surface area contributed by atoms with Crippen molar-refractivity contribution in [3.63, 3.8) is 0 Å². The first-order chi connectivity index (χ1) is 20.8. The molecule has 43 heavy (non-hydrogen) atoms. The van der Waals surface area contributed by atoms with Crippen LogP contribution < -0.4 is 21.3 Å². The number of nitrogens with zero attached hydrogens (tertiary/aromatic N) is 4. The molecule has 5 rings (SSSR count). The summed E-state index contributed by atoms with van der Waals surface area (Å²) in [4.78, 5) is 22.7. The minimum atomic E-state index is -2.71. The third-order valence-electron chi connectivity index (χ3n) is 9.44. The van der Waals surface area contributed by atoms with E-state index in [1.807, 2.05) is 4.90 Å². The minimum absolute atomic E-state index is 0.0259. The number of piperidine rings is 2. The maximum Gasteiger partial charge on any atom is 0.264 e. The van der Waals surface area contributed by atoms with E-state index in [2.05, 4.69) is 20.5 Å². The molecule has 0 saturated carbocycles. The van der Waals surface area contributed by atoms with Gasteiger partial charge in [-0.05, 0) is 74.9 Å². The maximum atomic E-state index is 14.4. The third-order valence-corrected chi connectivity index (χ3v) is 9.44. The number of carbonyl (C=O) groups excluding carboxylic acids is 1. The number of likely N-dealkylation sites (tertiary alicyclic amines) is 1. The molecule has 4 aliphatic rings. The Balaban J connectivity index is 1.41. The second kappa shape index (κ2) is 14.0. The zero-order valence-corrected chi connectivity index (χ0v) is 25.5. The van der Waals surface area contributed by atoms with Gasteiger partial charge in [0.2, 0.25) is 5.91 Å². The number of nitrogens with two attached hydrogens (primary N) is 1. The molecule has 234 valence electrons. The summed E-state index contributed by atoms with van der Waals surface area (Å²) in [6.07, 6.45) is 6.72. The lowest BCUT2D eigenvalue weighted by molar-refractivity contribution is -0.128. The number of anilines is 1. The molecule has 0 bridgehead atoms. The van der Waals surface area contributed by atoms with Crippen LogP contribution in [0.3, 0.4) is 0 Å². The molecule has 11 heteroatoms. The Morgan fingerprint density at radius 3 is 2.53 bits per heavy atom. The van der Waals surface area contributed by atoms with Crippen molar-refractivity contribution in [3.05, 3.63) is 46.3 Å². The van der Waals surface area contributed by atoms with E-state index in [9.17, 15) is 19.0 Å². The monoisotopic (exact) mass is 596 g/mol. The molecular formula is C32H46F2N8O. The van der Waals surface area contributed by atoms with Crippen molar-refractivity contribution < 1.29 is 13.6 Å². The molecule has 1 aromatic carbocycles. The zero-order valence-electron chi connectivity index (χ0n) is 25.5. The van der Waals surface area contributed by atoms with Crippen molar-refractivity contribution in [3.8, 4) is 0 Å². The standard InChI is InChI=1S/C32H46F2N8O/c1-21(43)41-15-9-29(39-24-7-13-40(14-8-24)25-5-10-38-11-6-25)28(20-41)32(36)42-12-3-4-22-16-26(23(18-35)19-37-2)27(31(33)34)17-30(22)42/h16-19,24-25,31,36,38-39H,3-15,20,35H2,1-2H3/b23-18+,36-32?,37-19?. The van der Waals surface area contributed by atoms with Gasteiger partial charge in [-0.3, -0.25) is 15.2 Å². The van der Waals surface area contributed by atoms with Gasteiger partial charge in [0.05, 0.1) is 6.54 Å². The number of hydrogen-bond donors (Lipinski definition) is 4.